The molecule has 0 aliphatic carbocycles. The van der Waals surface area contributed by atoms with Crippen molar-refractivity contribution in [1.29, 1.82) is 0 Å². The Bertz CT molecular complexity index is 1100. The Morgan fingerprint density at radius 3 is 2.54 bits per heavy atom. The molecule has 0 saturated heterocycles. The van der Waals surface area contributed by atoms with Gasteiger partial charge in [0.1, 0.15) is 0 Å². The Morgan fingerprint density at radius 1 is 1.25 bits per heavy atom. The summed E-state index contributed by atoms with van der Waals surface area (Å²) in [5, 5.41) is 1.66. The van der Waals surface area contributed by atoms with Crippen LogP contribution in [0, 0.1) is 6.92 Å². The summed E-state index contributed by atoms with van der Waals surface area (Å²) >= 11 is 1.25. The van der Waals surface area contributed by atoms with Crippen LogP contribution in [0.4, 0.5) is 5.69 Å². The minimum atomic E-state index is -4.10. The average molecular weight is 363 g/mol. The van der Waals surface area contributed by atoms with Crippen LogP contribution in [0.2, 0.25) is 0 Å². The number of hydrogen-bond acceptors (Lipinski definition) is 6. The molecule has 7 nitrogen and oxygen atoms in total. The number of sulfonamides is 1. The quantitative estimate of drug-likeness (QED) is 0.716. The molecule has 24 heavy (non-hydrogen) atoms. The van der Waals surface area contributed by atoms with Crippen LogP contribution in [0.3, 0.4) is 0 Å². The van der Waals surface area contributed by atoms with E-state index >= 15 is 0 Å². The number of nitrogens with one attached hydrogen (secondary N) is 1. The van der Waals surface area contributed by atoms with Crippen LogP contribution in [-0.2, 0) is 10.0 Å². The third-order valence-electron chi connectivity index (χ3n) is 3.41. The number of ketones is 1. The van der Waals surface area contributed by atoms with E-state index < -0.39 is 20.5 Å². The van der Waals surface area contributed by atoms with Crippen molar-refractivity contribution in [3.8, 4) is 0 Å². The van der Waals surface area contributed by atoms with Crippen molar-refractivity contribution in [3.63, 3.8) is 0 Å². The number of aryl methyl sites for hydroxylation is 1. The summed E-state index contributed by atoms with van der Waals surface area (Å²) in [6, 6.07) is 5.97. The van der Waals surface area contributed by atoms with Crippen LogP contribution in [-0.4, -0.2) is 23.6 Å². The largest absolute Gasteiger partial charge is 0.295 e. The molecule has 0 unspecified atom stereocenters. The first-order valence-electron chi connectivity index (χ1n) is 6.90. The SMILES string of the molecule is CC(=O)c1ccc(NS(=O)(=O)c2c(C)nc3sccn3c2=O)cc1. The van der Waals surface area contributed by atoms with Gasteiger partial charge in [-0.2, -0.15) is 0 Å². The Balaban J connectivity index is 2.05. The number of Topliss-reactive ketones (excluding diaryl/α,β-unsaturated/α-hetero) is 1. The summed E-state index contributed by atoms with van der Waals surface area (Å²) in [4.78, 5) is 27.9. The minimum absolute atomic E-state index is 0.120. The molecule has 0 saturated carbocycles. The summed E-state index contributed by atoms with van der Waals surface area (Å²) in [5.74, 6) is -0.120. The number of thiazole rings is 1. The zero-order valence-corrected chi connectivity index (χ0v) is 14.4. The highest BCUT2D eigenvalue weighted by atomic mass is 32.2. The summed E-state index contributed by atoms with van der Waals surface area (Å²) in [6.07, 6.45) is 1.48. The topological polar surface area (TPSA) is 97.6 Å². The summed E-state index contributed by atoms with van der Waals surface area (Å²) < 4.78 is 28.7. The zero-order valence-electron chi connectivity index (χ0n) is 12.8. The first kappa shape index (κ1) is 16.3. The number of rotatable bonds is 4. The summed E-state index contributed by atoms with van der Waals surface area (Å²) in [7, 11) is -4.10. The van der Waals surface area contributed by atoms with Crippen LogP contribution in [0.15, 0.2) is 45.5 Å². The fourth-order valence-corrected chi connectivity index (χ4v) is 4.32. The number of nitrogens with zero attached hydrogens (tertiary/aromatic N) is 2. The van der Waals surface area contributed by atoms with E-state index in [1.54, 1.807) is 5.38 Å². The second-order valence-corrected chi connectivity index (χ2v) is 7.62. The Morgan fingerprint density at radius 2 is 1.92 bits per heavy atom. The fraction of sp³-hybridized carbons (Fsp3) is 0.133. The van der Waals surface area contributed by atoms with Gasteiger partial charge in [0.15, 0.2) is 15.6 Å². The molecule has 9 heteroatoms. The van der Waals surface area contributed by atoms with Gasteiger partial charge in [0.05, 0.1) is 5.69 Å². The maximum absolute atomic E-state index is 12.6. The molecule has 0 aliphatic heterocycles. The minimum Gasteiger partial charge on any atom is -0.295 e. The molecule has 0 fully saturated rings. The molecule has 1 N–H and O–H groups in total. The van der Waals surface area contributed by atoms with Crippen molar-refractivity contribution in [2.45, 2.75) is 18.7 Å². The number of carbonyl (C=O) groups excluding carboxylic acids is 1. The molecular weight excluding hydrogens is 350 g/mol. The molecule has 3 rings (SSSR count). The maximum Gasteiger partial charge on any atom is 0.279 e. The van der Waals surface area contributed by atoms with Gasteiger partial charge >= 0.3 is 0 Å². The van der Waals surface area contributed by atoms with E-state index in [0.717, 1.165) is 0 Å². The van der Waals surface area contributed by atoms with Crippen LogP contribution in [0.25, 0.3) is 4.96 Å². The lowest BCUT2D eigenvalue weighted by atomic mass is 10.1. The number of fused-ring (bicyclic) bond motifs is 1. The lowest BCUT2D eigenvalue weighted by Crippen LogP contribution is -2.27. The average Bonchev–Trinajstić information content (AvgIpc) is 2.95. The second kappa shape index (κ2) is 5.84. The summed E-state index contributed by atoms with van der Waals surface area (Å²) in [6.45, 7) is 2.90. The van der Waals surface area contributed by atoms with E-state index in [2.05, 4.69) is 9.71 Å². The highest BCUT2D eigenvalue weighted by Gasteiger charge is 2.24. The summed E-state index contributed by atoms with van der Waals surface area (Å²) in [5.41, 5.74) is 0.215. The molecule has 2 aromatic heterocycles. The van der Waals surface area contributed by atoms with Crippen LogP contribution >= 0.6 is 11.3 Å². The van der Waals surface area contributed by atoms with Gasteiger partial charge in [0.25, 0.3) is 15.6 Å². The smallest absolute Gasteiger partial charge is 0.279 e. The standard InChI is InChI=1S/C15H13N3O4S2/c1-9-13(14(20)18-7-8-23-15(18)16-9)24(21,22)17-12-5-3-11(4-6-12)10(2)19/h3-8,17H,1-2H3. The molecule has 0 radical (unpaired) electrons. The first-order valence-corrected chi connectivity index (χ1v) is 9.26. The van der Waals surface area contributed by atoms with Crippen molar-refractivity contribution in [2.24, 2.45) is 0 Å². The van der Waals surface area contributed by atoms with Crippen molar-refractivity contribution in [3.05, 3.63) is 57.5 Å². The number of anilines is 1. The van der Waals surface area contributed by atoms with E-state index in [1.165, 1.54) is 60.0 Å². The molecule has 0 aliphatic rings. The molecule has 1 aromatic carbocycles. The van der Waals surface area contributed by atoms with Crippen molar-refractivity contribution in [1.82, 2.24) is 9.38 Å². The lowest BCUT2D eigenvalue weighted by Gasteiger charge is -2.10. The molecule has 0 spiro atoms. The number of carbonyl (C=O) groups is 1. The van der Waals surface area contributed by atoms with Crippen molar-refractivity contribution in [2.75, 3.05) is 4.72 Å². The highest BCUT2D eigenvalue weighted by Crippen LogP contribution is 2.18. The van der Waals surface area contributed by atoms with E-state index in [0.29, 0.717) is 10.5 Å². The highest BCUT2D eigenvalue weighted by molar-refractivity contribution is 7.92. The predicted octanol–water partition coefficient (Wildman–Crippen LogP) is 2.07. The van der Waals surface area contributed by atoms with Gasteiger partial charge in [-0.1, -0.05) is 0 Å². The van der Waals surface area contributed by atoms with E-state index in [1.807, 2.05) is 0 Å². The molecule has 3 aromatic rings. The Hall–Kier alpha value is -2.52. The molecule has 0 atom stereocenters. The fourth-order valence-electron chi connectivity index (χ4n) is 2.25. The number of aromatic nitrogens is 2. The van der Waals surface area contributed by atoms with Crippen LogP contribution in [0.5, 0.6) is 0 Å². The molecule has 0 bridgehead atoms. The van der Waals surface area contributed by atoms with Crippen LogP contribution in [0.1, 0.15) is 23.0 Å². The Kier molecular flexibility index (Phi) is 3.98. The predicted molar refractivity (Wildman–Crippen MR) is 91.3 cm³/mol. The van der Waals surface area contributed by atoms with Crippen molar-refractivity contribution < 1.29 is 13.2 Å². The number of hydrogen-bond donors (Lipinski definition) is 1. The number of benzene rings is 1. The third-order valence-corrected chi connectivity index (χ3v) is 5.68. The van der Waals surface area contributed by atoms with Gasteiger partial charge in [-0.15, -0.1) is 11.3 Å². The van der Waals surface area contributed by atoms with Gasteiger partial charge in [0, 0.05) is 22.8 Å². The molecule has 2 heterocycles. The van der Waals surface area contributed by atoms with Crippen molar-refractivity contribution >= 4 is 37.8 Å². The van der Waals surface area contributed by atoms with Gasteiger partial charge in [0.2, 0.25) is 0 Å². The van der Waals surface area contributed by atoms with Gasteiger partial charge in [-0.05, 0) is 38.1 Å². The normalized spacial score (nSPS) is 11.6. The molecule has 0 amide bonds. The molecule has 124 valence electrons. The Labute approximate surface area is 141 Å². The first-order chi connectivity index (χ1) is 11.3. The van der Waals surface area contributed by atoms with E-state index in [9.17, 15) is 18.0 Å². The van der Waals surface area contributed by atoms with Gasteiger partial charge < -0.3 is 0 Å². The molecular formula is C15H13N3O4S2. The monoisotopic (exact) mass is 363 g/mol. The zero-order chi connectivity index (χ0) is 17.5. The second-order valence-electron chi connectivity index (χ2n) is 5.13. The van der Waals surface area contributed by atoms with Gasteiger partial charge in [-0.25, -0.2) is 13.4 Å². The van der Waals surface area contributed by atoms with E-state index in [-0.39, 0.29) is 17.2 Å². The van der Waals surface area contributed by atoms with Crippen LogP contribution < -0.4 is 10.3 Å². The maximum atomic E-state index is 12.6. The van der Waals surface area contributed by atoms with Gasteiger partial charge in [-0.3, -0.25) is 18.7 Å². The third kappa shape index (κ3) is 2.83. The van der Waals surface area contributed by atoms with E-state index in [4.69, 9.17) is 0 Å². The lowest BCUT2D eigenvalue weighted by molar-refractivity contribution is 0.101.